The average molecular weight is 565 g/mol. The van der Waals surface area contributed by atoms with Crippen LogP contribution in [0, 0.1) is 11.3 Å². The molecule has 2 N–H and O–H groups in total. The molecule has 1 amide bonds. The Morgan fingerprint density at radius 1 is 1.07 bits per heavy atom. The molecule has 2 fully saturated rings. The van der Waals surface area contributed by atoms with E-state index in [-0.39, 0.29) is 35.6 Å². The van der Waals surface area contributed by atoms with Crippen molar-refractivity contribution in [3.8, 4) is 23.3 Å². The van der Waals surface area contributed by atoms with E-state index < -0.39 is 5.54 Å². The molecule has 0 saturated carbocycles. The number of nitrogen functional groups attached to an aromatic ring is 1. The molecule has 2 aromatic carbocycles. The second-order valence-corrected chi connectivity index (χ2v) is 11.2. The van der Waals surface area contributed by atoms with Crippen LogP contribution in [-0.2, 0) is 4.79 Å². The summed E-state index contributed by atoms with van der Waals surface area (Å²) in [5, 5.41) is 9.84. The molecule has 1 atom stereocenters. The third kappa shape index (κ3) is 4.90. The Morgan fingerprint density at radius 2 is 1.79 bits per heavy atom. The van der Waals surface area contributed by atoms with Crippen LogP contribution in [0.15, 0.2) is 77.4 Å². The van der Waals surface area contributed by atoms with E-state index in [1.807, 2.05) is 44.2 Å². The minimum absolute atomic E-state index is 0.117. The number of nitriles is 1. The van der Waals surface area contributed by atoms with Gasteiger partial charge in [-0.05, 0) is 69.2 Å². The first-order chi connectivity index (χ1) is 20.3. The minimum atomic E-state index is -0.390. The van der Waals surface area contributed by atoms with Crippen molar-refractivity contribution >= 4 is 22.9 Å². The number of anilines is 1. The summed E-state index contributed by atoms with van der Waals surface area (Å²) in [7, 11) is 0. The van der Waals surface area contributed by atoms with Crippen molar-refractivity contribution in [3.63, 3.8) is 0 Å². The highest BCUT2D eigenvalue weighted by Crippen LogP contribution is 2.30. The number of carbonyl (C=O) groups excluding carboxylic acids is 1. The fourth-order valence-corrected chi connectivity index (χ4v) is 5.71. The predicted molar refractivity (Wildman–Crippen MR) is 158 cm³/mol. The number of ether oxygens (including phenoxy) is 1. The molecule has 11 nitrogen and oxygen atoms in total. The Labute approximate surface area is 243 Å². The van der Waals surface area contributed by atoms with E-state index in [1.54, 1.807) is 39.8 Å². The number of carbonyl (C=O) groups is 1. The lowest BCUT2D eigenvalue weighted by atomic mass is 9.95. The van der Waals surface area contributed by atoms with E-state index in [2.05, 4.69) is 20.9 Å². The van der Waals surface area contributed by atoms with Crippen molar-refractivity contribution < 1.29 is 9.53 Å². The number of fused-ring (bicyclic) bond motifs is 1. The van der Waals surface area contributed by atoms with Gasteiger partial charge in [-0.3, -0.25) is 18.8 Å². The maximum atomic E-state index is 14.0. The number of imidazole rings is 1. The topological polar surface area (TPSA) is 135 Å². The highest BCUT2D eigenvalue weighted by Gasteiger charge is 2.35. The highest BCUT2D eigenvalue weighted by molar-refractivity contribution is 5.97. The number of nitrogens with two attached hydrogens (primary N) is 1. The lowest BCUT2D eigenvalue weighted by Gasteiger charge is -2.43. The van der Waals surface area contributed by atoms with Crippen LogP contribution in [0.3, 0.4) is 0 Å². The molecule has 4 aromatic rings. The van der Waals surface area contributed by atoms with Crippen LogP contribution in [-0.4, -0.2) is 66.5 Å². The zero-order valence-corrected chi connectivity index (χ0v) is 23.6. The van der Waals surface area contributed by atoms with Crippen molar-refractivity contribution in [1.29, 1.82) is 5.26 Å². The summed E-state index contributed by atoms with van der Waals surface area (Å²) < 4.78 is 8.99. The zero-order valence-electron chi connectivity index (χ0n) is 23.6. The molecule has 0 unspecified atom stereocenters. The maximum Gasteiger partial charge on any atom is 0.335 e. The van der Waals surface area contributed by atoms with E-state index in [0.29, 0.717) is 41.3 Å². The summed E-state index contributed by atoms with van der Waals surface area (Å²) in [5.41, 5.74) is 7.05. The maximum absolute atomic E-state index is 14.0. The number of para-hydroxylation sites is 1. The zero-order chi connectivity index (χ0) is 29.4. The van der Waals surface area contributed by atoms with Crippen molar-refractivity contribution in [2.45, 2.75) is 38.3 Å². The lowest BCUT2D eigenvalue weighted by Crippen LogP contribution is -2.51. The Morgan fingerprint density at radius 3 is 2.45 bits per heavy atom. The number of hydrogen-bond acceptors (Lipinski definition) is 8. The standard InChI is InChI=1S/C31H32N8O3/c1-31(2,37-14-6-15-37)17-21(18-32)29(40)36-16-13-23(19-36)39-28-26(27(33)34-20-35-28)38(30(39)41)22-9-11-25(12-10-22)42-24-7-4-3-5-8-24/h3-5,7-12,17,20,23H,6,13-16,19H2,1-2H3,(H2,33,34,35)/t23-/m0/s1. The van der Waals surface area contributed by atoms with Crippen molar-refractivity contribution in [2.24, 2.45) is 0 Å². The molecule has 6 rings (SSSR count). The largest absolute Gasteiger partial charge is 0.457 e. The van der Waals surface area contributed by atoms with Gasteiger partial charge in [-0.15, -0.1) is 0 Å². The number of rotatable bonds is 7. The van der Waals surface area contributed by atoms with Gasteiger partial charge in [0.25, 0.3) is 5.91 Å². The first kappa shape index (κ1) is 27.2. The molecule has 2 aromatic heterocycles. The van der Waals surface area contributed by atoms with E-state index in [0.717, 1.165) is 19.5 Å². The molecule has 0 spiro atoms. The van der Waals surface area contributed by atoms with Gasteiger partial charge in [0.1, 0.15) is 35.0 Å². The van der Waals surface area contributed by atoms with Crippen LogP contribution in [0.5, 0.6) is 11.5 Å². The predicted octanol–water partition coefficient (Wildman–Crippen LogP) is 3.66. The number of nitrogens with zero attached hydrogens (tertiary/aromatic N) is 7. The van der Waals surface area contributed by atoms with Crippen LogP contribution in [0.4, 0.5) is 5.82 Å². The summed E-state index contributed by atoms with van der Waals surface area (Å²) in [4.78, 5) is 39.8. The Bertz CT molecular complexity index is 1760. The van der Waals surface area contributed by atoms with Crippen molar-refractivity contribution in [1.82, 2.24) is 28.9 Å². The molecule has 0 aliphatic carbocycles. The molecule has 0 radical (unpaired) electrons. The van der Waals surface area contributed by atoms with Gasteiger partial charge in [0.15, 0.2) is 11.5 Å². The number of hydrogen-bond donors (Lipinski definition) is 1. The third-order valence-corrected chi connectivity index (χ3v) is 8.09. The monoisotopic (exact) mass is 564 g/mol. The number of amides is 1. The lowest BCUT2D eigenvalue weighted by molar-refractivity contribution is -0.125. The summed E-state index contributed by atoms with van der Waals surface area (Å²) in [6.45, 7) is 6.61. The van der Waals surface area contributed by atoms with Crippen LogP contribution in [0.25, 0.3) is 16.9 Å². The first-order valence-corrected chi connectivity index (χ1v) is 14.0. The molecule has 214 valence electrons. The second kappa shape index (κ2) is 10.8. The minimum Gasteiger partial charge on any atom is -0.457 e. The van der Waals surface area contributed by atoms with Crippen LogP contribution in [0.1, 0.15) is 32.7 Å². The second-order valence-electron chi connectivity index (χ2n) is 11.2. The van der Waals surface area contributed by atoms with Crippen LogP contribution in [0.2, 0.25) is 0 Å². The molecule has 4 heterocycles. The van der Waals surface area contributed by atoms with Gasteiger partial charge in [0, 0.05) is 31.7 Å². The number of likely N-dealkylation sites (tertiary alicyclic amines) is 2. The van der Waals surface area contributed by atoms with Gasteiger partial charge in [-0.2, -0.15) is 5.26 Å². The molecule has 2 aliphatic rings. The molecule has 2 saturated heterocycles. The van der Waals surface area contributed by atoms with E-state index >= 15 is 0 Å². The SMILES string of the molecule is CC(C)(C=C(C#N)C(=O)N1CC[C@H](n2c(=O)n(-c3ccc(Oc4ccccc4)cc3)c3c(N)ncnc32)C1)N1CCC1. The van der Waals surface area contributed by atoms with Crippen molar-refractivity contribution in [2.75, 3.05) is 31.9 Å². The van der Waals surface area contributed by atoms with E-state index in [1.165, 1.54) is 10.9 Å². The number of benzene rings is 2. The summed E-state index contributed by atoms with van der Waals surface area (Å²) in [6.07, 6.45) is 4.75. The smallest absolute Gasteiger partial charge is 0.335 e. The van der Waals surface area contributed by atoms with Gasteiger partial charge in [-0.1, -0.05) is 18.2 Å². The fraction of sp³-hybridized carbons (Fsp3) is 0.323. The third-order valence-electron chi connectivity index (χ3n) is 8.09. The first-order valence-electron chi connectivity index (χ1n) is 14.0. The average Bonchev–Trinajstić information content (AvgIpc) is 3.54. The Hall–Kier alpha value is -4.95. The molecular weight excluding hydrogens is 532 g/mol. The van der Waals surface area contributed by atoms with Gasteiger partial charge in [-0.25, -0.2) is 14.8 Å². The normalized spacial score (nSPS) is 17.7. The molecule has 42 heavy (non-hydrogen) atoms. The Kier molecular flexibility index (Phi) is 7.00. The molecule has 11 heteroatoms. The summed E-state index contributed by atoms with van der Waals surface area (Å²) in [5.74, 6) is 1.17. The quantitative estimate of drug-likeness (QED) is 0.265. The van der Waals surface area contributed by atoms with Crippen LogP contribution < -0.4 is 16.2 Å². The van der Waals surface area contributed by atoms with Crippen molar-refractivity contribution in [3.05, 3.63) is 83.1 Å². The molecule has 2 aliphatic heterocycles. The molecular formula is C31H32N8O3. The summed E-state index contributed by atoms with van der Waals surface area (Å²) >= 11 is 0. The fourth-order valence-electron chi connectivity index (χ4n) is 5.71. The molecule has 0 bridgehead atoms. The van der Waals surface area contributed by atoms with Gasteiger partial charge in [0.2, 0.25) is 0 Å². The van der Waals surface area contributed by atoms with Gasteiger partial charge in [0.05, 0.1) is 11.7 Å². The summed E-state index contributed by atoms with van der Waals surface area (Å²) in [6, 6.07) is 18.3. The van der Waals surface area contributed by atoms with Gasteiger partial charge < -0.3 is 15.4 Å². The highest BCUT2D eigenvalue weighted by atomic mass is 16.5. The van der Waals surface area contributed by atoms with E-state index in [9.17, 15) is 14.9 Å². The Balaban J connectivity index is 1.29. The van der Waals surface area contributed by atoms with Crippen LogP contribution >= 0.6 is 0 Å². The number of aromatic nitrogens is 4. The van der Waals surface area contributed by atoms with E-state index in [4.69, 9.17) is 10.5 Å². The van der Waals surface area contributed by atoms with Gasteiger partial charge >= 0.3 is 5.69 Å².